The lowest BCUT2D eigenvalue weighted by molar-refractivity contribution is 0.0513. The Balaban J connectivity index is 1.86. The van der Waals surface area contributed by atoms with E-state index in [4.69, 9.17) is 9.36 Å². The molecule has 1 aromatic heterocycles. The van der Waals surface area contributed by atoms with Gasteiger partial charge < -0.3 is 9.36 Å². The fourth-order valence-corrected chi connectivity index (χ4v) is 3.27. The lowest BCUT2D eigenvalue weighted by atomic mass is 10.1. The van der Waals surface area contributed by atoms with Gasteiger partial charge in [0.15, 0.2) is 0 Å². The summed E-state index contributed by atoms with van der Waals surface area (Å²) in [5, 5.41) is 7.62. The van der Waals surface area contributed by atoms with E-state index in [1.165, 1.54) is 12.1 Å². The molecule has 0 saturated heterocycles. The van der Waals surface area contributed by atoms with Gasteiger partial charge in [0.2, 0.25) is 0 Å². The van der Waals surface area contributed by atoms with Gasteiger partial charge in [0.05, 0.1) is 11.4 Å². The van der Waals surface area contributed by atoms with Crippen molar-refractivity contribution in [2.75, 3.05) is 5.75 Å². The van der Waals surface area contributed by atoms with Crippen LogP contribution in [0.25, 0.3) is 0 Å². The minimum absolute atomic E-state index is 0.272. The van der Waals surface area contributed by atoms with Crippen molar-refractivity contribution in [3.8, 4) is 0 Å². The minimum Gasteiger partial charge on any atom is -0.361 e. The van der Waals surface area contributed by atoms with Crippen molar-refractivity contribution in [2.24, 2.45) is 5.16 Å². The number of hydrogen-bond donors (Lipinski definition) is 0. The third-order valence-electron chi connectivity index (χ3n) is 3.33. The molecule has 0 fully saturated rings. The van der Waals surface area contributed by atoms with Gasteiger partial charge in [0.25, 0.3) is 0 Å². The van der Waals surface area contributed by atoms with E-state index in [2.05, 4.69) is 10.3 Å². The number of aryl methyl sites for hydroxylation is 2. The number of aromatic nitrogens is 1. The molecule has 1 aliphatic heterocycles. The van der Waals surface area contributed by atoms with Gasteiger partial charge in [-0.25, -0.2) is 9.18 Å². The molecule has 114 valence electrons. The third-order valence-corrected chi connectivity index (χ3v) is 4.40. The summed E-state index contributed by atoms with van der Waals surface area (Å²) >= 11 is 1.63. The van der Waals surface area contributed by atoms with Gasteiger partial charge >= 0.3 is 5.97 Å². The van der Waals surface area contributed by atoms with Crippen molar-refractivity contribution in [3.63, 3.8) is 0 Å². The number of carbonyl (C=O) groups is 1. The van der Waals surface area contributed by atoms with Crippen LogP contribution in [0, 0.1) is 19.7 Å². The van der Waals surface area contributed by atoms with Gasteiger partial charge in [0, 0.05) is 22.6 Å². The topological polar surface area (TPSA) is 64.7 Å². The Labute approximate surface area is 130 Å². The number of benzene rings is 1. The number of rotatable bonds is 2. The first-order valence-corrected chi connectivity index (χ1v) is 7.68. The second kappa shape index (κ2) is 5.92. The normalized spacial score (nSPS) is 15.7. The first-order chi connectivity index (χ1) is 10.6. The molecular weight excluding hydrogens is 307 g/mol. The van der Waals surface area contributed by atoms with E-state index in [0.29, 0.717) is 29.2 Å². The number of hydrogen-bond acceptors (Lipinski definition) is 6. The molecule has 0 aliphatic carbocycles. The van der Waals surface area contributed by atoms with Crippen LogP contribution in [0.5, 0.6) is 0 Å². The van der Waals surface area contributed by atoms with E-state index in [1.54, 1.807) is 31.7 Å². The standard InChI is InChI=1S/C15H13FN2O3S/c1-8-14(9(2)20-17-8)15(19)21-18-12-5-6-22-13-4-3-10(16)7-11(12)13/h3-4,7H,5-6H2,1-2H3/b18-12-. The Kier molecular flexibility index (Phi) is 3.98. The Morgan fingerprint density at radius 1 is 1.45 bits per heavy atom. The van der Waals surface area contributed by atoms with Crippen LogP contribution in [0.3, 0.4) is 0 Å². The maximum Gasteiger partial charge on any atom is 0.371 e. The lowest BCUT2D eigenvalue weighted by Crippen LogP contribution is -2.12. The summed E-state index contributed by atoms with van der Waals surface area (Å²) in [5.41, 5.74) is 1.96. The van der Waals surface area contributed by atoms with Gasteiger partial charge in [-0.1, -0.05) is 10.3 Å². The molecule has 2 aromatic rings. The van der Waals surface area contributed by atoms with E-state index in [0.717, 1.165) is 10.6 Å². The van der Waals surface area contributed by atoms with Crippen LogP contribution < -0.4 is 0 Å². The maximum absolute atomic E-state index is 13.4. The molecule has 1 aliphatic rings. The quantitative estimate of drug-likeness (QED) is 0.626. The molecule has 0 unspecified atom stereocenters. The van der Waals surface area contributed by atoms with Gasteiger partial charge in [0.1, 0.15) is 17.1 Å². The zero-order chi connectivity index (χ0) is 15.7. The van der Waals surface area contributed by atoms with E-state index < -0.39 is 5.97 Å². The molecule has 0 N–H and O–H groups in total. The van der Waals surface area contributed by atoms with Gasteiger partial charge in [-0.05, 0) is 32.0 Å². The van der Waals surface area contributed by atoms with Crippen LogP contribution in [0.4, 0.5) is 4.39 Å². The molecule has 3 rings (SSSR count). The average molecular weight is 320 g/mol. The number of thioether (sulfide) groups is 1. The van der Waals surface area contributed by atoms with Crippen LogP contribution in [-0.2, 0) is 4.84 Å². The van der Waals surface area contributed by atoms with Crippen molar-refractivity contribution in [3.05, 3.63) is 46.6 Å². The highest BCUT2D eigenvalue weighted by Gasteiger charge is 2.21. The van der Waals surface area contributed by atoms with Crippen molar-refractivity contribution < 1.29 is 18.5 Å². The van der Waals surface area contributed by atoms with Crippen molar-refractivity contribution in [1.29, 1.82) is 0 Å². The number of fused-ring (bicyclic) bond motifs is 1. The number of halogens is 1. The minimum atomic E-state index is -0.625. The van der Waals surface area contributed by atoms with E-state index in [-0.39, 0.29) is 11.4 Å². The summed E-state index contributed by atoms with van der Waals surface area (Å²) in [6, 6.07) is 4.52. The third kappa shape index (κ3) is 2.76. The summed E-state index contributed by atoms with van der Waals surface area (Å²) in [5.74, 6) is 0.222. The highest BCUT2D eigenvalue weighted by molar-refractivity contribution is 7.99. The molecule has 7 heteroatoms. The number of carbonyl (C=O) groups excluding carboxylic acids is 1. The Bertz CT molecular complexity index is 751. The first-order valence-electron chi connectivity index (χ1n) is 6.70. The second-order valence-electron chi connectivity index (χ2n) is 4.85. The Hall–Kier alpha value is -2.15. The SMILES string of the molecule is Cc1noc(C)c1C(=O)O/N=C1/CCSc2ccc(F)cc21. The molecule has 0 saturated carbocycles. The van der Waals surface area contributed by atoms with Gasteiger partial charge in [-0.3, -0.25) is 0 Å². The van der Waals surface area contributed by atoms with Crippen molar-refractivity contribution in [1.82, 2.24) is 5.16 Å². The summed E-state index contributed by atoms with van der Waals surface area (Å²) in [4.78, 5) is 18.0. The van der Waals surface area contributed by atoms with E-state index in [9.17, 15) is 9.18 Å². The van der Waals surface area contributed by atoms with Crippen LogP contribution >= 0.6 is 11.8 Å². The van der Waals surface area contributed by atoms with Gasteiger partial charge in [-0.2, -0.15) is 0 Å². The number of nitrogens with zero attached hydrogens (tertiary/aromatic N) is 2. The van der Waals surface area contributed by atoms with Gasteiger partial charge in [-0.15, -0.1) is 11.8 Å². The molecule has 0 amide bonds. The van der Waals surface area contributed by atoms with Crippen LogP contribution in [-0.4, -0.2) is 22.6 Å². The zero-order valence-electron chi connectivity index (χ0n) is 12.1. The molecule has 2 heterocycles. The fraction of sp³-hybridized carbons (Fsp3) is 0.267. The first kappa shape index (κ1) is 14.8. The smallest absolute Gasteiger partial charge is 0.361 e. The summed E-state index contributed by atoms with van der Waals surface area (Å²) in [6.07, 6.45) is 0.607. The Morgan fingerprint density at radius 2 is 2.27 bits per heavy atom. The number of oxime groups is 1. The molecule has 0 bridgehead atoms. The largest absolute Gasteiger partial charge is 0.371 e. The molecule has 0 atom stereocenters. The maximum atomic E-state index is 13.4. The second-order valence-corrected chi connectivity index (χ2v) is 5.99. The molecule has 0 spiro atoms. The fourth-order valence-electron chi connectivity index (χ4n) is 2.26. The lowest BCUT2D eigenvalue weighted by Gasteiger charge is -2.16. The molecule has 22 heavy (non-hydrogen) atoms. The molecule has 1 aromatic carbocycles. The highest BCUT2D eigenvalue weighted by Crippen LogP contribution is 2.31. The zero-order valence-corrected chi connectivity index (χ0v) is 12.9. The molecular formula is C15H13FN2O3S. The Morgan fingerprint density at radius 3 is 3.00 bits per heavy atom. The summed E-state index contributed by atoms with van der Waals surface area (Å²) in [6.45, 7) is 3.29. The van der Waals surface area contributed by atoms with Crippen LogP contribution in [0.15, 0.2) is 32.8 Å². The highest BCUT2D eigenvalue weighted by atomic mass is 32.2. The monoisotopic (exact) mass is 320 g/mol. The summed E-state index contributed by atoms with van der Waals surface area (Å²) in [7, 11) is 0. The average Bonchev–Trinajstić information content (AvgIpc) is 2.84. The summed E-state index contributed by atoms with van der Waals surface area (Å²) < 4.78 is 18.3. The van der Waals surface area contributed by atoms with Crippen LogP contribution in [0.1, 0.15) is 33.8 Å². The molecule has 0 radical (unpaired) electrons. The van der Waals surface area contributed by atoms with E-state index in [1.807, 2.05) is 0 Å². The van der Waals surface area contributed by atoms with Crippen molar-refractivity contribution >= 4 is 23.4 Å². The van der Waals surface area contributed by atoms with E-state index >= 15 is 0 Å². The predicted octanol–water partition coefficient (Wildman–Crippen LogP) is 3.49. The van der Waals surface area contributed by atoms with Crippen LogP contribution in [0.2, 0.25) is 0 Å². The van der Waals surface area contributed by atoms with Crippen molar-refractivity contribution in [2.45, 2.75) is 25.2 Å². The molecule has 5 nitrogen and oxygen atoms in total. The predicted molar refractivity (Wildman–Crippen MR) is 79.7 cm³/mol.